The Hall–Kier alpha value is -2.12. The molecule has 0 heterocycles. The lowest BCUT2D eigenvalue weighted by atomic mass is 10.3. The highest BCUT2D eigenvalue weighted by molar-refractivity contribution is 5.24. The summed E-state index contributed by atoms with van der Waals surface area (Å²) in [6, 6.07) is 9.55. The van der Waals surface area contributed by atoms with E-state index >= 15 is 0 Å². The Kier molecular flexibility index (Phi) is 4.56. The summed E-state index contributed by atoms with van der Waals surface area (Å²) >= 11 is 0. The molecule has 0 aliphatic carbocycles. The first-order chi connectivity index (χ1) is 6.93. The van der Waals surface area contributed by atoms with Gasteiger partial charge in [0.2, 0.25) is 0 Å². The van der Waals surface area contributed by atoms with Crippen LogP contribution in [0.1, 0.15) is 0 Å². The Balaban J connectivity index is 2.32. The highest BCUT2D eigenvalue weighted by Gasteiger charge is 1.85. The molecule has 0 aliphatic rings. The monoisotopic (exact) mass is 182 g/mol. The highest BCUT2D eigenvalue weighted by Crippen LogP contribution is 2.07. The van der Waals surface area contributed by atoms with Gasteiger partial charge in [-0.25, -0.2) is 0 Å². The lowest BCUT2D eigenvalue weighted by Crippen LogP contribution is -1.92. The maximum Gasteiger partial charge on any atom is 0.149 e. The van der Waals surface area contributed by atoms with Crippen LogP contribution in [0.3, 0.4) is 0 Å². The standard InChI is InChI=1S/C13H10O/c1-2-3-4-5-9-12-14-13-10-7-6-8-11-13/h1,3-4,6-8,10-11H,12H2. The van der Waals surface area contributed by atoms with Crippen molar-refractivity contribution in [3.8, 4) is 29.9 Å². The largest absolute Gasteiger partial charge is 0.481 e. The van der Waals surface area contributed by atoms with Gasteiger partial charge in [-0.2, -0.15) is 0 Å². The molecule has 0 saturated carbocycles. The van der Waals surface area contributed by atoms with Crippen molar-refractivity contribution in [1.82, 2.24) is 0 Å². The molecular weight excluding hydrogens is 172 g/mol. The van der Waals surface area contributed by atoms with Crippen molar-refractivity contribution >= 4 is 0 Å². The van der Waals surface area contributed by atoms with E-state index in [9.17, 15) is 0 Å². The fraction of sp³-hybridized carbons (Fsp3) is 0.0769. The van der Waals surface area contributed by atoms with Crippen molar-refractivity contribution < 1.29 is 4.74 Å². The van der Waals surface area contributed by atoms with Crippen LogP contribution in [-0.4, -0.2) is 6.61 Å². The Morgan fingerprint density at radius 1 is 1.21 bits per heavy atom. The molecule has 0 saturated heterocycles. The van der Waals surface area contributed by atoms with Crippen LogP contribution in [0.25, 0.3) is 0 Å². The number of para-hydroxylation sites is 1. The second-order valence-corrected chi connectivity index (χ2v) is 2.42. The molecule has 68 valence electrons. The molecule has 0 unspecified atom stereocenters. The van der Waals surface area contributed by atoms with Gasteiger partial charge >= 0.3 is 0 Å². The molecule has 0 amide bonds. The zero-order valence-electron chi connectivity index (χ0n) is 7.73. The lowest BCUT2D eigenvalue weighted by molar-refractivity contribution is 0.370. The zero-order valence-corrected chi connectivity index (χ0v) is 7.73. The van der Waals surface area contributed by atoms with Crippen molar-refractivity contribution in [3.63, 3.8) is 0 Å². The number of hydrogen-bond acceptors (Lipinski definition) is 1. The Bertz CT molecular complexity index is 385. The van der Waals surface area contributed by atoms with Gasteiger partial charge in [0, 0.05) is 0 Å². The maximum atomic E-state index is 5.33. The van der Waals surface area contributed by atoms with E-state index < -0.39 is 0 Å². The third-order valence-electron chi connectivity index (χ3n) is 1.42. The molecule has 14 heavy (non-hydrogen) atoms. The summed E-state index contributed by atoms with van der Waals surface area (Å²) in [5.41, 5.74) is 0. The molecular formula is C13H10O. The molecule has 1 aromatic carbocycles. The summed E-state index contributed by atoms with van der Waals surface area (Å²) in [7, 11) is 0. The van der Waals surface area contributed by atoms with Crippen molar-refractivity contribution in [3.05, 3.63) is 42.5 Å². The maximum absolute atomic E-state index is 5.33. The number of hydrogen-bond donors (Lipinski definition) is 0. The summed E-state index contributed by atoms with van der Waals surface area (Å²) in [4.78, 5) is 0. The smallest absolute Gasteiger partial charge is 0.149 e. The first-order valence-corrected chi connectivity index (χ1v) is 4.21. The summed E-state index contributed by atoms with van der Waals surface area (Å²) in [5.74, 6) is 8.75. The van der Waals surface area contributed by atoms with Gasteiger partial charge in [-0.1, -0.05) is 36.0 Å². The lowest BCUT2D eigenvalue weighted by Gasteiger charge is -1.98. The molecule has 1 nitrogen and oxygen atoms in total. The third-order valence-corrected chi connectivity index (χ3v) is 1.42. The Morgan fingerprint density at radius 3 is 2.71 bits per heavy atom. The minimum absolute atomic E-state index is 0.374. The van der Waals surface area contributed by atoms with Crippen LogP contribution in [0.5, 0.6) is 5.75 Å². The predicted octanol–water partition coefficient (Wildman–Crippen LogP) is 2.26. The molecule has 0 aromatic heterocycles. The normalized spacial score (nSPS) is 8.79. The summed E-state index contributed by atoms with van der Waals surface area (Å²) in [6.45, 7) is 0.374. The molecule has 1 aromatic rings. The summed E-state index contributed by atoms with van der Waals surface area (Å²) in [5, 5.41) is 0. The van der Waals surface area contributed by atoms with E-state index in [0.717, 1.165) is 5.75 Å². The van der Waals surface area contributed by atoms with Crippen LogP contribution >= 0.6 is 0 Å². The number of terminal acetylenes is 1. The van der Waals surface area contributed by atoms with Crippen LogP contribution < -0.4 is 4.74 Å². The third kappa shape index (κ3) is 4.04. The quantitative estimate of drug-likeness (QED) is 0.637. The first-order valence-electron chi connectivity index (χ1n) is 4.21. The predicted molar refractivity (Wildman–Crippen MR) is 57.7 cm³/mol. The number of ether oxygens (including phenoxy) is 1. The minimum atomic E-state index is 0.374. The van der Waals surface area contributed by atoms with Crippen LogP contribution in [0.4, 0.5) is 0 Å². The fourth-order valence-corrected chi connectivity index (χ4v) is 0.827. The van der Waals surface area contributed by atoms with E-state index in [0.29, 0.717) is 6.61 Å². The van der Waals surface area contributed by atoms with Crippen LogP contribution in [0.2, 0.25) is 0 Å². The van der Waals surface area contributed by atoms with E-state index in [2.05, 4.69) is 17.8 Å². The average Bonchev–Trinajstić information content (AvgIpc) is 2.25. The van der Waals surface area contributed by atoms with E-state index in [4.69, 9.17) is 11.2 Å². The highest BCUT2D eigenvalue weighted by atomic mass is 16.5. The second-order valence-electron chi connectivity index (χ2n) is 2.42. The molecule has 1 heteroatoms. The van der Waals surface area contributed by atoms with Gasteiger partial charge in [0.15, 0.2) is 0 Å². The molecule has 0 fully saturated rings. The minimum Gasteiger partial charge on any atom is -0.481 e. The topological polar surface area (TPSA) is 9.23 Å². The number of benzene rings is 1. The number of allylic oxidation sites excluding steroid dienone is 2. The molecule has 0 N–H and O–H groups in total. The van der Waals surface area contributed by atoms with Crippen LogP contribution in [0.15, 0.2) is 42.5 Å². The van der Waals surface area contributed by atoms with Gasteiger partial charge < -0.3 is 4.74 Å². The van der Waals surface area contributed by atoms with Crippen molar-refractivity contribution in [2.45, 2.75) is 0 Å². The zero-order chi connectivity index (χ0) is 10.1. The van der Waals surface area contributed by atoms with Gasteiger partial charge in [0.05, 0.1) is 0 Å². The van der Waals surface area contributed by atoms with Crippen molar-refractivity contribution in [1.29, 1.82) is 0 Å². The van der Waals surface area contributed by atoms with Crippen molar-refractivity contribution in [2.75, 3.05) is 6.61 Å². The molecule has 0 radical (unpaired) electrons. The fourth-order valence-electron chi connectivity index (χ4n) is 0.827. The Labute approximate surface area is 84.4 Å². The molecule has 0 bridgehead atoms. The molecule has 1 rings (SSSR count). The molecule has 0 spiro atoms. The van der Waals surface area contributed by atoms with Gasteiger partial charge in [0.1, 0.15) is 12.4 Å². The van der Waals surface area contributed by atoms with E-state index in [1.54, 1.807) is 12.2 Å². The van der Waals surface area contributed by atoms with Gasteiger partial charge in [-0.05, 0) is 24.3 Å². The van der Waals surface area contributed by atoms with Crippen LogP contribution in [0, 0.1) is 24.2 Å². The van der Waals surface area contributed by atoms with Crippen LogP contribution in [-0.2, 0) is 0 Å². The van der Waals surface area contributed by atoms with Gasteiger partial charge in [0.25, 0.3) is 0 Å². The summed E-state index contributed by atoms with van der Waals surface area (Å²) < 4.78 is 5.33. The Morgan fingerprint density at radius 2 is 2.00 bits per heavy atom. The second kappa shape index (κ2) is 6.40. The molecule has 0 aliphatic heterocycles. The first kappa shape index (κ1) is 9.96. The van der Waals surface area contributed by atoms with Gasteiger partial charge in [-0.3, -0.25) is 0 Å². The SMILES string of the molecule is C#CC=CC#CCOc1ccccc1. The van der Waals surface area contributed by atoms with E-state index in [1.165, 1.54) is 0 Å². The van der Waals surface area contributed by atoms with Gasteiger partial charge in [-0.15, -0.1) is 6.42 Å². The average molecular weight is 182 g/mol. The van der Waals surface area contributed by atoms with E-state index in [-0.39, 0.29) is 0 Å². The number of rotatable bonds is 2. The van der Waals surface area contributed by atoms with E-state index in [1.807, 2.05) is 30.3 Å². The van der Waals surface area contributed by atoms with Crippen molar-refractivity contribution in [2.24, 2.45) is 0 Å². The molecule has 0 atom stereocenters. The summed E-state index contributed by atoms with van der Waals surface area (Å²) in [6.07, 6.45) is 8.17.